The summed E-state index contributed by atoms with van der Waals surface area (Å²) in [5.41, 5.74) is 7.22. The van der Waals surface area contributed by atoms with Gasteiger partial charge in [0.15, 0.2) is 0 Å². The third-order valence-corrected chi connectivity index (χ3v) is 2.86. The molecule has 84 valence electrons. The second kappa shape index (κ2) is 6.11. The third-order valence-electron chi connectivity index (χ3n) is 2.62. The lowest BCUT2D eigenvalue weighted by molar-refractivity contribution is 0.174. The van der Waals surface area contributed by atoms with Crippen LogP contribution in [0.2, 0.25) is 5.02 Å². The van der Waals surface area contributed by atoms with Crippen molar-refractivity contribution in [2.24, 2.45) is 11.7 Å². The zero-order valence-electron chi connectivity index (χ0n) is 9.24. The van der Waals surface area contributed by atoms with Gasteiger partial charge < -0.3 is 10.5 Å². The van der Waals surface area contributed by atoms with Crippen molar-refractivity contribution < 1.29 is 4.74 Å². The molecule has 0 bridgehead atoms. The van der Waals surface area contributed by atoms with Crippen molar-refractivity contribution in [3.05, 3.63) is 34.9 Å². The molecule has 0 aliphatic rings. The highest BCUT2D eigenvalue weighted by atomic mass is 35.5. The summed E-state index contributed by atoms with van der Waals surface area (Å²) in [6, 6.07) is 7.76. The van der Waals surface area contributed by atoms with Crippen LogP contribution in [0, 0.1) is 5.92 Å². The molecular formula is C12H18ClNO. The predicted octanol–water partition coefficient (Wildman–Crippen LogP) is 3.01. The Kier molecular flexibility index (Phi) is 5.09. The van der Waals surface area contributed by atoms with Gasteiger partial charge in [-0.2, -0.15) is 0 Å². The lowest BCUT2D eigenvalue weighted by Crippen LogP contribution is -2.20. The third kappa shape index (κ3) is 3.82. The molecule has 2 nitrogen and oxygen atoms in total. The topological polar surface area (TPSA) is 35.2 Å². The van der Waals surface area contributed by atoms with Crippen molar-refractivity contribution in [1.29, 1.82) is 0 Å². The van der Waals surface area contributed by atoms with Gasteiger partial charge in [-0.05, 0) is 30.0 Å². The Morgan fingerprint density at radius 3 is 2.80 bits per heavy atom. The second-order valence-corrected chi connectivity index (χ2v) is 4.28. The predicted molar refractivity (Wildman–Crippen MR) is 64.0 cm³/mol. The minimum Gasteiger partial charge on any atom is -0.385 e. The fraction of sp³-hybridized carbons (Fsp3) is 0.500. The molecule has 0 aliphatic carbocycles. The smallest absolute Gasteiger partial charge is 0.0465 e. The molecule has 0 saturated carbocycles. The van der Waals surface area contributed by atoms with Crippen molar-refractivity contribution in [2.75, 3.05) is 13.7 Å². The van der Waals surface area contributed by atoms with E-state index < -0.39 is 0 Å². The van der Waals surface area contributed by atoms with E-state index in [1.165, 1.54) is 0 Å². The summed E-state index contributed by atoms with van der Waals surface area (Å²) in [5, 5.41) is 0.738. The summed E-state index contributed by atoms with van der Waals surface area (Å²) >= 11 is 5.92. The maximum absolute atomic E-state index is 6.13. The molecule has 1 aromatic rings. The van der Waals surface area contributed by atoms with Crippen molar-refractivity contribution >= 4 is 11.6 Å². The molecule has 2 N–H and O–H groups in total. The van der Waals surface area contributed by atoms with Crippen LogP contribution in [0.5, 0.6) is 0 Å². The average Bonchev–Trinajstić information content (AvgIpc) is 2.24. The minimum atomic E-state index is 0.0267. The summed E-state index contributed by atoms with van der Waals surface area (Å²) in [6.07, 6.45) is 0.962. The van der Waals surface area contributed by atoms with E-state index in [0.717, 1.165) is 23.6 Å². The molecule has 0 aromatic heterocycles. The molecule has 0 radical (unpaired) electrons. The largest absolute Gasteiger partial charge is 0.385 e. The fourth-order valence-corrected chi connectivity index (χ4v) is 1.72. The van der Waals surface area contributed by atoms with Gasteiger partial charge in [-0.25, -0.2) is 0 Å². The standard InChI is InChI=1S/C12H18ClNO/c1-9(6-7-15-2)12(14)10-4-3-5-11(13)8-10/h3-5,8-9,12H,6-7,14H2,1-2H3. The number of rotatable bonds is 5. The van der Waals surface area contributed by atoms with E-state index in [4.69, 9.17) is 22.1 Å². The zero-order valence-corrected chi connectivity index (χ0v) is 10.00. The lowest BCUT2D eigenvalue weighted by atomic mass is 9.93. The van der Waals surface area contributed by atoms with Crippen molar-refractivity contribution in [2.45, 2.75) is 19.4 Å². The van der Waals surface area contributed by atoms with E-state index in [1.54, 1.807) is 7.11 Å². The van der Waals surface area contributed by atoms with Gasteiger partial charge in [0.25, 0.3) is 0 Å². The molecule has 15 heavy (non-hydrogen) atoms. The number of ether oxygens (including phenoxy) is 1. The first kappa shape index (κ1) is 12.5. The molecule has 1 rings (SSSR count). The fourth-order valence-electron chi connectivity index (χ4n) is 1.53. The number of benzene rings is 1. The van der Waals surface area contributed by atoms with Crippen LogP contribution in [-0.2, 0) is 4.74 Å². The Hall–Kier alpha value is -0.570. The van der Waals surface area contributed by atoms with Gasteiger partial charge in [0, 0.05) is 24.8 Å². The molecule has 0 saturated heterocycles. The van der Waals surface area contributed by atoms with Crippen molar-refractivity contribution in [3.8, 4) is 0 Å². The van der Waals surface area contributed by atoms with E-state index in [1.807, 2.05) is 24.3 Å². The van der Waals surface area contributed by atoms with Gasteiger partial charge in [0.05, 0.1) is 0 Å². The maximum Gasteiger partial charge on any atom is 0.0465 e. The molecule has 0 amide bonds. The summed E-state index contributed by atoms with van der Waals surface area (Å²) in [6.45, 7) is 2.88. The van der Waals surface area contributed by atoms with Gasteiger partial charge in [-0.3, -0.25) is 0 Å². The van der Waals surface area contributed by atoms with Crippen LogP contribution in [0.15, 0.2) is 24.3 Å². The highest BCUT2D eigenvalue weighted by Gasteiger charge is 2.14. The van der Waals surface area contributed by atoms with Crippen LogP contribution in [0.25, 0.3) is 0 Å². The quantitative estimate of drug-likeness (QED) is 0.840. The van der Waals surface area contributed by atoms with Crippen LogP contribution in [0.1, 0.15) is 24.9 Å². The van der Waals surface area contributed by atoms with Gasteiger partial charge in [0.2, 0.25) is 0 Å². The lowest BCUT2D eigenvalue weighted by Gasteiger charge is -2.20. The molecule has 3 heteroatoms. The Bertz CT molecular complexity index is 303. The van der Waals surface area contributed by atoms with Gasteiger partial charge >= 0.3 is 0 Å². The van der Waals surface area contributed by atoms with Crippen molar-refractivity contribution in [1.82, 2.24) is 0 Å². The molecule has 2 atom stereocenters. The SMILES string of the molecule is COCCC(C)C(N)c1cccc(Cl)c1. The summed E-state index contributed by atoms with van der Waals surface area (Å²) in [4.78, 5) is 0. The molecule has 0 aliphatic heterocycles. The van der Waals surface area contributed by atoms with E-state index in [2.05, 4.69) is 6.92 Å². The zero-order chi connectivity index (χ0) is 11.3. The van der Waals surface area contributed by atoms with E-state index in [9.17, 15) is 0 Å². The van der Waals surface area contributed by atoms with Crippen molar-refractivity contribution in [3.63, 3.8) is 0 Å². The van der Waals surface area contributed by atoms with Gasteiger partial charge in [0.1, 0.15) is 0 Å². The van der Waals surface area contributed by atoms with Gasteiger partial charge in [-0.1, -0.05) is 30.7 Å². The molecule has 0 spiro atoms. The first-order chi connectivity index (χ1) is 7.15. The van der Waals surface area contributed by atoms with Crippen LogP contribution < -0.4 is 5.73 Å². The normalized spacial score (nSPS) is 14.9. The number of hydrogen-bond donors (Lipinski definition) is 1. The van der Waals surface area contributed by atoms with Gasteiger partial charge in [-0.15, -0.1) is 0 Å². The Morgan fingerprint density at radius 2 is 2.20 bits per heavy atom. The summed E-state index contributed by atoms with van der Waals surface area (Å²) < 4.78 is 5.04. The van der Waals surface area contributed by atoms with E-state index >= 15 is 0 Å². The Balaban J connectivity index is 2.62. The molecule has 0 fully saturated rings. The summed E-state index contributed by atoms with van der Waals surface area (Å²) in [7, 11) is 1.71. The monoisotopic (exact) mass is 227 g/mol. The summed E-state index contributed by atoms with van der Waals surface area (Å²) in [5.74, 6) is 0.392. The first-order valence-corrected chi connectivity index (χ1v) is 5.53. The van der Waals surface area contributed by atoms with Crippen LogP contribution in [-0.4, -0.2) is 13.7 Å². The van der Waals surface area contributed by atoms with Crippen LogP contribution >= 0.6 is 11.6 Å². The molecule has 1 aromatic carbocycles. The minimum absolute atomic E-state index is 0.0267. The Morgan fingerprint density at radius 1 is 1.47 bits per heavy atom. The van der Waals surface area contributed by atoms with Crippen LogP contribution in [0.3, 0.4) is 0 Å². The first-order valence-electron chi connectivity index (χ1n) is 5.15. The molecule has 0 heterocycles. The molecule has 2 unspecified atom stereocenters. The number of halogens is 1. The van der Waals surface area contributed by atoms with Crippen LogP contribution in [0.4, 0.5) is 0 Å². The van der Waals surface area contributed by atoms with E-state index in [0.29, 0.717) is 5.92 Å². The number of nitrogens with two attached hydrogens (primary N) is 1. The Labute approximate surface area is 96.4 Å². The number of hydrogen-bond acceptors (Lipinski definition) is 2. The average molecular weight is 228 g/mol. The second-order valence-electron chi connectivity index (χ2n) is 3.84. The number of methoxy groups -OCH3 is 1. The van der Waals surface area contributed by atoms with E-state index in [-0.39, 0.29) is 6.04 Å². The molecular weight excluding hydrogens is 210 g/mol. The highest BCUT2D eigenvalue weighted by molar-refractivity contribution is 6.30. The highest BCUT2D eigenvalue weighted by Crippen LogP contribution is 2.24. The maximum atomic E-state index is 6.13.